The second kappa shape index (κ2) is 10.5. The number of benzene rings is 2. The van der Waals surface area contributed by atoms with E-state index in [0.29, 0.717) is 29.0 Å². The molecule has 2 aromatic heterocycles. The van der Waals surface area contributed by atoms with Gasteiger partial charge in [-0.3, -0.25) is 9.59 Å². The summed E-state index contributed by atoms with van der Waals surface area (Å²) in [5.74, 6) is 0.423. The van der Waals surface area contributed by atoms with Crippen LogP contribution in [0.4, 0.5) is 11.5 Å². The van der Waals surface area contributed by atoms with Gasteiger partial charge in [-0.25, -0.2) is 0 Å². The Kier molecular flexibility index (Phi) is 7.02. The summed E-state index contributed by atoms with van der Waals surface area (Å²) >= 11 is 12.1. The molecule has 0 aliphatic heterocycles. The normalized spacial score (nSPS) is 16.4. The SMILES string of the molecule is O=C(Nc1cc(NCc2ccc(Cn3cc(Cl)ccc3=O)cc2)cnn1)[C@H]1C[C@@H]1c1cccc(Cl)c1. The van der Waals surface area contributed by atoms with Gasteiger partial charge in [0.2, 0.25) is 5.91 Å². The number of carbonyl (C=O) groups is 1. The molecule has 9 heteroatoms. The number of carbonyl (C=O) groups excluding carboxylic acids is 1. The minimum Gasteiger partial charge on any atom is -0.380 e. The van der Waals surface area contributed by atoms with Crippen LogP contribution < -0.4 is 16.2 Å². The molecule has 36 heavy (non-hydrogen) atoms. The molecule has 0 saturated heterocycles. The average Bonchev–Trinajstić information content (AvgIpc) is 3.68. The maximum atomic E-state index is 12.7. The minimum atomic E-state index is -0.0973. The van der Waals surface area contributed by atoms with Gasteiger partial charge in [0.25, 0.3) is 5.56 Å². The maximum absolute atomic E-state index is 12.7. The van der Waals surface area contributed by atoms with Crippen LogP contribution in [-0.2, 0) is 17.9 Å². The van der Waals surface area contributed by atoms with Gasteiger partial charge in [0.1, 0.15) is 0 Å². The van der Waals surface area contributed by atoms with E-state index in [1.807, 2.05) is 48.5 Å². The highest BCUT2D eigenvalue weighted by atomic mass is 35.5. The Hall–Kier alpha value is -3.68. The zero-order valence-electron chi connectivity index (χ0n) is 19.2. The van der Waals surface area contributed by atoms with Gasteiger partial charge in [-0.2, -0.15) is 5.10 Å². The Balaban J connectivity index is 1.15. The Labute approximate surface area is 218 Å². The number of amides is 1. The van der Waals surface area contributed by atoms with E-state index < -0.39 is 0 Å². The fourth-order valence-electron chi connectivity index (χ4n) is 4.12. The van der Waals surface area contributed by atoms with Crippen molar-refractivity contribution in [1.29, 1.82) is 0 Å². The van der Waals surface area contributed by atoms with Crippen molar-refractivity contribution in [2.75, 3.05) is 10.6 Å². The summed E-state index contributed by atoms with van der Waals surface area (Å²) < 4.78 is 1.58. The highest BCUT2D eigenvalue weighted by Gasteiger charge is 2.44. The summed E-state index contributed by atoms with van der Waals surface area (Å²) in [6.07, 6.45) is 4.04. The van der Waals surface area contributed by atoms with E-state index >= 15 is 0 Å². The van der Waals surface area contributed by atoms with Crippen LogP contribution in [0.3, 0.4) is 0 Å². The van der Waals surface area contributed by atoms with Gasteiger partial charge in [-0.05, 0) is 47.2 Å². The van der Waals surface area contributed by atoms with Crippen molar-refractivity contribution in [2.45, 2.75) is 25.4 Å². The minimum absolute atomic E-state index is 0.0687. The fourth-order valence-corrected chi connectivity index (χ4v) is 4.50. The topological polar surface area (TPSA) is 88.9 Å². The van der Waals surface area contributed by atoms with Gasteiger partial charge in [-0.1, -0.05) is 59.6 Å². The lowest BCUT2D eigenvalue weighted by atomic mass is 10.1. The number of anilines is 2. The summed E-state index contributed by atoms with van der Waals surface area (Å²) in [6, 6.07) is 20.4. The van der Waals surface area contributed by atoms with Crippen molar-refractivity contribution in [3.05, 3.63) is 116 Å². The molecule has 0 radical (unpaired) electrons. The summed E-state index contributed by atoms with van der Waals surface area (Å²) in [5.41, 5.74) is 3.78. The largest absolute Gasteiger partial charge is 0.380 e. The number of hydrogen-bond donors (Lipinski definition) is 2. The predicted molar refractivity (Wildman–Crippen MR) is 142 cm³/mol. The first kappa shape index (κ1) is 24.0. The second-order valence-corrected chi connectivity index (χ2v) is 9.68. The number of halogens is 2. The molecular formula is C27H23Cl2N5O2. The van der Waals surface area contributed by atoms with Crippen LogP contribution in [0, 0.1) is 5.92 Å². The van der Waals surface area contributed by atoms with Crippen LogP contribution >= 0.6 is 23.2 Å². The molecule has 1 amide bonds. The van der Waals surface area contributed by atoms with E-state index in [0.717, 1.165) is 28.8 Å². The first-order valence-corrected chi connectivity index (χ1v) is 12.3. The van der Waals surface area contributed by atoms with Crippen LogP contribution in [0.15, 0.2) is 83.9 Å². The Bertz CT molecular complexity index is 1460. The predicted octanol–water partition coefficient (Wildman–Crippen LogP) is 5.35. The van der Waals surface area contributed by atoms with Crippen molar-refractivity contribution in [2.24, 2.45) is 5.92 Å². The third-order valence-electron chi connectivity index (χ3n) is 6.13. The number of nitrogens with zero attached hydrogens (tertiary/aromatic N) is 3. The van der Waals surface area contributed by atoms with Gasteiger partial charge in [0.15, 0.2) is 5.82 Å². The molecule has 5 rings (SSSR count). The molecule has 7 nitrogen and oxygen atoms in total. The first-order chi connectivity index (χ1) is 17.4. The maximum Gasteiger partial charge on any atom is 0.250 e. The molecule has 2 atom stereocenters. The number of rotatable bonds is 8. The van der Waals surface area contributed by atoms with E-state index in [2.05, 4.69) is 20.8 Å². The number of hydrogen-bond acceptors (Lipinski definition) is 5. The number of nitrogens with one attached hydrogen (secondary N) is 2. The van der Waals surface area contributed by atoms with Crippen molar-refractivity contribution in [3.63, 3.8) is 0 Å². The van der Waals surface area contributed by atoms with E-state index in [1.54, 1.807) is 29.1 Å². The monoisotopic (exact) mass is 519 g/mol. The van der Waals surface area contributed by atoms with Gasteiger partial charge in [0, 0.05) is 35.8 Å². The van der Waals surface area contributed by atoms with Crippen LogP contribution in [0.25, 0.3) is 0 Å². The van der Waals surface area contributed by atoms with E-state index in [1.165, 1.54) is 6.07 Å². The summed E-state index contributed by atoms with van der Waals surface area (Å²) in [5, 5.41) is 15.4. The summed E-state index contributed by atoms with van der Waals surface area (Å²) in [7, 11) is 0. The van der Waals surface area contributed by atoms with Gasteiger partial charge < -0.3 is 15.2 Å². The first-order valence-electron chi connectivity index (χ1n) is 11.5. The number of aromatic nitrogens is 3. The van der Waals surface area contributed by atoms with Crippen LogP contribution in [0.2, 0.25) is 10.0 Å². The Morgan fingerprint density at radius 3 is 2.61 bits per heavy atom. The molecule has 1 aliphatic carbocycles. The zero-order valence-corrected chi connectivity index (χ0v) is 20.7. The molecule has 0 bridgehead atoms. The zero-order chi connectivity index (χ0) is 25.1. The van der Waals surface area contributed by atoms with Gasteiger partial charge in [-0.15, -0.1) is 5.10 Å². The Morgan fingerprint density at radius 1 is 1.00 bits per heavy atom. The van der Waals surface area contributed by atoms with Crippen LogP contribution in [0.5, 0.6) is 0 Å². The van der Waals surface area contributed by atoms with Gasteiger partial charge >= 0.3 is 0 Å². The van der Waals surface area contributed by atoms with Crippen molar-refractivity contribution in [1.82, 2.24) is 14.8 Å². The van der Waals surface area contributed by atoms with Crippen LogP contribution in [-0.4, -0.2) is 20.7 Å². The molecular weight excluding hydrogens is 497 g/mol. The highest BCUT2D eigenvalue weighted by molar-refractivity contribution is 6.30. The molecule has 2 heterocycles. The third kappa shape index (κ3) is 5.93. The average molecular weight is 520 g/mol. The molecule has 2 N–H and O–H groups in total. The molecule has 182 valence electrons. The van der Waals surface area contributed by atoms with E-state index in [4.69, 9.17) is 23.2 Å². The Morgan fingerprint density at radius 2 is 1.81 bits per heavy atom. The van der Waals surface area contributed by atoms with Crippen molar-refractivity contribution >= 4 is 40.6 Å². The fraction of sp³-hybridized carbons (Fsp3) is 0.185. The van der Waals surface area contributed by atoms with E-state index in [9.17, 15) is 9.59 Å². The third-order valence-corrected chi connectivity index (χ3v) is 6.59. The lowest BCUT2D eigenvalue weighted by Crippen LogP contribution is -2.18. The molecule has 1 aliphatic rings. The standard InChI is InChI=1S/C27H23Cl2N5O2/c28-20-3-1-2-19(10-20)23-12-24(23)27(36)32-25-11-22(14-31-33-25)30-13-17-4-6-18(7-5-17)15-34-16-21(29)8-9-26(34)35/h1-11,14,16,23-24H,12-13,15H2,(H2,30,32,33,36)/t23-,24+/m1/s1. The summed E-state index contributed by atoms with van der Waals surface area (Å²) in [6.45, 7) is 1.01. The van der Waals surface area contributed by atoms with E-state index in [-0.39, 0.29) is 23.3 Å². The lowest BCUT2D eigenvalue weighted by Gasteiger charge is -2.10. The molecule has 2 aromatic carbocycles. The van der Waals surface area contributed by atoms with Gasteiger partial charge in [0.05, 0.1) is 23.5 Å². The highest BCUT2D eigenvalue weighted by Crippen LogP contribution is 2.48. The molecule has 0 unspecified atom stereocenters. The lowest BCUT2D eigenvalue weighted by molar-refractivity contribution is -0.117. The van der Waals surface area contributed by atoms with Crippen molar-refractivity contribution in [3.8, 4) is 0 Å². The molecule has 1 fully saturated rings. The number of pyridine rings is 1. The molecule has 0 spiro atoms. The second-order valence-electron chi connectivity index (χ2n) is 8.81. The molecule has 1 saturated carbocycles. The van der Waals surface area contributed by atoms with Crippen LogP contribution in [0.1, 0.15) is 29.0 Å². The summed E-state index contributed by atoms with van der Waals surface area (Å²) in [4.78, 5) is 24.7. The van der Waals surface area contributed by atoms with Crippen molar-refractivity contribution < 1.29 is 4.79 Å². The smallest absolute Gasteiger partial charge is 0.250 e. The molecule has 4 aromatic rings. The quantitative estimate of drug-likeness (QED) is 0.327.